The van der Waals surface area contributed by atoms with Crippen LogP contribution in [-0.2, 0) is 14.3 Å². The number of nitrogens with zero attached hydrogens (tertiary/aromatic N) is 1. The maximum atomic E-state index is 12.5. The van der Waals surface area contributed by atoms with E-state index in [9.17, 15) is 9.59 Å². The topological polar surface area (TPSA) is 65.1 Å². The molecule has 6 nitrogen and oxygen atoms in total. The Morgan fingerprint density at radius 2 is 1.68 bits per heavy atom. The summed E-state index contributed by atoms with van der Waals surface area (Å²) in [4.78, 5) is 26.3. The number of carbonyl (C=O) groups excluding carboxylic acids is 2. The fraction of sp³-hybridized carbons (Fsp3) is 0.263. The van der Waals surface area contributed by atoms with E-state index < -0.39 is 18.2 Å². The van der Waals surface area contributed by atoms with E-state index in [4.69, 9.17) is 14.2 Å². The Morgan fingerprint density at radius 3 is 2.36 bits per heavy atom. The minimum atomic E-state index is -1.02. The number of hydrogen-bond donors (Lipinski definition) is 0. The van der Waals surface area contributed by atoms with Crippen molar-refractivity contribution in [1.29, 1.82) is 0 Å². The third-order valence-electron chi connectivity index (χ3n) is 3.77. The van der Waals surface area contributed by atoms with Crippen molar-refractivity contribution >= 4 is 11.9 Å². The molecule has 2 aromatic rings. The smallest absolute Gasteiger partial charge is 0.352 e. The molecule has 0 aromatic heterocycles. The lowest BCUT2D eigenvalue weighted by Crippen LogP contribution is -2.40. The van der Waals surface area contributed by atoms with Crippen LogP contribution < -0.4 is 9.47 Å². The van der Waals surface area contributed by atoms with Gasteiger partial charge < -0.3 is 19.1 Å². The maximum Gasteiger partial charge on any atom is 0.352 e. The Balaban J connectivity index is 1.76. The van der Waals surface area contributed by atoms with Gasteiger partial charge in [-0.05, 0) is 12.1 Å². The fourth-order valence-corrected chi connectivity index (χ4v) is 2.45. The molecule has 2 atom stereocenters. The Bertz CT molecular complexity index is 759. The number of para-hydroxylation sites is 2. The molecular weight excluding hydrogens is 322 g/mol. The van der Waals surface area contributed by atoms with Crippen molar-refractivity contribution in [3.8, 4) is 11.5 Å². The summed E-state index contributed by atoms with van der Waals surface area (Å²) in [7, 11) is 3.23. The number of benzene rings is 2. The van der Waals surface area contributed by atoms with Crippen molar-refractivity contribution in [2.45, 2.75) is 12.2 Å². The minimum absolute atomic E-state index is 0.0352. The molecule has 0 saturated heterocycles. The molecule has 0 fully saturated rings. The molecule has 25 heavy (non-hydrogen) atoms. The van der Waals surface area contributed by atoms with Gasteiger partial charge in [0.1, 0.15) is 6.61 Å². The summed E-state index contributed by atoms with van der Waals surface area (Å²) in [6.07, 6.45) is -1.94. The van der Waals surface area contributed by atoms with E-state index in [1.54, 1.807) is 56.6 Å². The second-order valence-electron chi connectivity index (χ2n) is 5.82. The first-order valence-electron chi connectivity index (χ1n) is 7.91. The third kappa shape index (κ3) is 3.74. The Kier molecular flexibility index (Phi) is 4.88. The number of ether oxygens (including phenoxy) is 3. The van der Waals surface area contributed by atoms with Crippen molar-refractivity contribution in [3.63, 3.8) is 0 Å². The standard InChI is InChI=1S/C19H19NO5/c1-20(2)18(21)17(13-8-4-3-5-9-13)25-19(22)16-12-23-14-10-6-7-11-15(14)24-16/h3-11,16-17H,12H2,1-2H3/t16-,17-/m1/s1. The average Bonchev–Trinajstić information content (AvgIpc) is 2.65. The van der Waals surface area contributed by atoms with E-state index in [1.165, 1.54) is 4.90 Å². The van der Waals surface area contributed by atoms with Gasteiger partial charge in [-0.1, -0.05) is 42.5 Å². The van der Waals surface area contributed by atoms with Gasteiger partial charge in [-0.2, -0.15) is 0 Å². The molecule has 0 radical (unpaired) electrons. The van der Waals surface area contributed by atoms with Crippen LogP contribution in [0.5, 0.6) is 11.5 Å². The van der Waals surface area contributed by atoms with Gasteiger partial charge in [-0.3, -0.25) is 4.79 Å². The highest BCUT2D eigenvalue weighted by Crippen LogP contribution is 2.31. The van der Waals surface area contributed by atoms with Crippen LogP contribution in [0.1, 0.15) is 11.7 Å². The lowest BCUT2D eigenvalue weighted by molar-refractivity contribution is -0.167. The van der Waals surface area contributed by atoms with Crippen LogP contribution >= 0.6 is 0 Å². The predicted octanol–water partition coefficient (Wildman–Crippen LogP) is 2.20. The quantitative estimate of drug-likeness (QED) is 0.798. The van der Waals surface area contributed by atoms with Crippen LogP contribution in [0, 0.1) is 0 Å². The normalized spacial score (nSPS) is 16.6. The third-order valence-corrected chi connectivity index (χ3v) is 3.77. The van der Waals surface area contributed by atoms with E-state index in [2.05, 4.69) is 0 Å². The Hall–Kier alpha value is -3.02. The number of carbonyl (C=O) groups is 2. The molecule has 3 rings (SSSR count). The molecule has 2 aromatic carbocycles. The molecule has 1 amide bonds. The fourth-order valence-electron chi connectivity index (χ4n) is 2.45. The van der Waals surface area contributed by atoms with Crippen LogP contribution in [0.2, 0.25) is 0 Å². The van der Waals surface area contributed by atoms with Crippen molar-refractivity contribution in [3.05, 3.63) is 60.2 Å². The van der Waals surface area contributed by atoms with Crippen molar-refractivity contribution < 1.29 is 23.8 Å². The second-order valence-corrected chi connectivity index (χ2v) is 5.82. The van der Waals surface area contributed by atoms with Gasteiger partial charge in [0.2, 0.25) is 12.2 Å². The highest BCUT2D eigenvalue weighted by molar-refractivity contribution is 5.86. The summed E-state index contributed by atoms with van der Waals surface area (Å²) >= 11 is 0. The zero-order chi connectivity index (χ0) is 17.8. The summed E-state index contributed by atoms with van der Waals surface area (Å²) in [6, 6.07) is 16.0. The summed E-state index contributed by atoms with van der Waals surface area (Å²) in [5.41, 5.74) is 0.603. The predicted molar refractivity (Wildman–Crippen MR) is 90.3 cm³/mol. The number of likely N-dealkylation sites (N-methyl/N-ethyl adjacent to an activating group) is 1. The highest BCUT2D eigenvalue weighted by Gasteiger charge is 2.33. The minimum Gasteiger partial charge on any atom is -0.485 e. The number of fused-ring (bicyclic) bond motifs is 1. The molecule has 0 spiro atoms. The van der Waals surface area contributed by atoms with E-state index in [0.29, 0.717) is 17.1 Å². The molecule has 0 saturated carbocycles. The zero-order valence-electron chi connectivity index (χ0n) is 14.0. The van der Waals surface area contributed by atoms with Gasteiger partial charge in [0.15, 0.2) is 11.5 Å². The monoisotopic (exact) mass is 341 g/mol. The number of rotatable bonds is 4. The molecule has 1 heterocycles. The molecule has 6 heteroatoms. The maximum absolute atomic E-state index is 12.5. The molecular formula is C19H19NO5. The molecule has 1 aliphatic heterocycles. The Labute approximate surface area is 145 Å². The summed E-state index contributed by atoms with van der Waals surface area (Å²) in [5, 5.41) is 0. The molecule has 0 bridgehead atoms. The lowest BCUT2D eigenvalue weighted by atomic mass is 10.1. The van der Waals surface area contributed by atoms with Crippen LogP contribution in [-0.4, -0.2) is 43.6 Å². The molecule has 0 aliphatic carbocycles. The van der Waals surface area contributed by atoms with Gasteiger partial charge in [0.05, 0.1) is 0 Å². The van der Waals surface area contributed by atoms with E-state index in [1.807, 2.05) is 12.1 Å². The number of esters is 1. The first-order valence-corrected chi connectivity index (χ1v) is 7.91. The first-order chi connectivity index (χ1) is 12.1. The van der Waals surface area contributed by atoms with Crippen LogP contribution in [0.3, 0.4) is 0 Å². The lowest BCUT2D eigenvalue weighted by Gasteiger charge is -2.27. The van der Waals surface area contributed by atoms with Gasteiger partial charge in [0.25, 0.3) is 5.91 Å². The van der Waals surface area contributed by atoms with Crippen LogP contribution in [0.4, 0.5) is 0 Å². The molecule has 1 aliphatic rings. The van der Waals surface area contributed by atoms with Crippen LogP contribution in [0.25, 0.3) is 0 Å². The molecule has 0 unspecified atom stereocenters. The van der Waals surface area contributed by atoms with Crippen LogP contribution in [0.15, 0.2) is 54.6 Å². The van der Waals surface area contributed by atoms with Gasteiger partial charge >= 0.3 is 5.97 Å². The average molecular weight is 341 g/mol. The van der Waals surface area contributed by atoms with E-state index >= 15 is 0 Å². The van der Waals surface area contributed by atoms with Gasteiger partial charge in [-0.15, -0.1) is 0 Å². The van der Waals surface area contributed by atoms with Crippen molar-refractivity contribution in [2.24, 2.45) is 0 Å². The SMILES string of the molecule is CN(C)C(=O)[C@H](OC(=O)[C@H]1COc2ccccc2O1)c1ccccc1. The number of amides is 1. The summed E-state index contributed by atoms with van der Waals surface area (Å²) < 4.78 is 16.7. The molecule has 130 valence electrons. The number of hydrogen-bond acceptors (Lipinski definition) is 5. The molecule has 0 N–H and O–H groups in total. The summed E-state index contributed by atoms with van der Waals surface area (Å²) in [5.74, 6) is 0.0941. The zero-order valence-corrected chi connectivity index (χ0v) is 14.0. The highest BCUT2D eigenvalue weighted by atomic mass is 16.6. The van der Waals surface area contributed by atoms with Crippen molar-refractivity contribution in [2.75, 3.05) is 20.7 Å². The van der Waals surface area contributed by atoms with Crippen molar-refractivity contribution in [1.82, 2.24) is 4.90 Å². The van der Waals surface area contributed by atoms with Gasteiger partial charge in [-0.25, -0.2) is 4.79 Å². The first kappa shape index (κ1) is 16.8. The Morgan fingerprint density at radius 1 is 1.04 bits per heavy atom. The summed E-state index contributed by atoms with van der Waals surface area (Å²) in [6.45, 7) is 0.0352. The largest absolute Gasteiger partial charge is 0.485 e. The second kappa shape index (κ2) is 7.25. The van der Waals surface area contributed by atoms with E-state index in [0.717, 1.165) is 0 Å². The van der Waals surface area contributed by atoms with E-state index in [-0.39, 0.29) is 12.5 Å². The van der Waals surface area contributed by atoms with Gasteiger partial charge in [0, 0.05) is 19.7 Å².